The number of aryl methyl sites for hydroxylation is 1. The Bertz CT molecular complexity index is 846. The average Bonchev–Trinajstić information content (AvgIpc) is 3.24. The number of urea groups is 1. The van der Waals surface area contributed by atoms with E-state index in [1.165, 1.54) is 4.90 Å². The Hall–Kier alpha value is -2.48. The molecule has 0 saturated carbocycles. The molecule has 1 aromatic heterocycles. The first-order chi connectivity index (χ1) is 11.5. The molecule has 2 aromatic rings. The zero-order valence-electron chi connectivity index (χ0n) is 13.1. The molecular formula is C16H16N4O3S. The van der Waals surface area contributed by atoms with E-state index in [0.717, 1.165) is 15.2 Å². The van der Waals surface area contributed by atoms with Crippen molar-refractivity contribution in [2.24, 2.45) is 0 Å². The Balaban J connectivity index is 1.52. The number of imide groups is 1. The second-order valence-corrected chi connectivity index (χ2v) is 7.27. The van der Waals surface area contributed by atoms with Gasteiger partial charge >= 0.3 is 6.03 Å². The second kappa shape index (κ2) is 5.55. The van der Waals surface area contributed by atoms with E-state index >= 15 is 0 Å². The first-order valence-electron chi connectivity index (χ1n) is 7.79. The molecule has 7 nitrogen and oxygen atoms in total. The highest BCUT2D eigenvalue weighted by Crippen LogP contribution is 2.25. The summed E-state index contributed by atoms with van der Waals surface area (Å²) in [6.45, 7) is 2.91. The van der Waals surface area contributed by atoms with Crippen molar-refractivity contribution in [2.75, 3.05) is 19.6 Å². The molecule has 0 radical (unpaired) electrons. The number of hydrogen-bond acceptors (Lipinski definition) is 5. The molecule has 1 atom stereocenters. The highest BCUT2D eigenvalue weighted by molar-refractivity contribution is 7.18. The van der Waals surface area contributed by atoms with E-state index in [2.05, 4.69) is 10.3 Å². The van der Waals surface area contributed by atoms with E-state index in [1.54, 1.807) is 22.3 Å². The van der Waals surface area contributed by atoms with Gasteiger partial charge in [0.1, 0.15) is 0 Å². The van der Waals surface area contributed by atoms with E-state index in [9.17, 15) is 14.4 Å². The van der Waals surface area contributed by atoms with Gasteiger partial charge in [0.25, 0.3) is 5.91 Å². The van der Waals surface area contributed by atoms with Gasteiger partial charge < -0.3 is 10.2 Å². The number of hydrogen-bond donors (Lipinski definition) is 1. The van der Waals surface area contributed by atoms with Crippen LogP contribution in [-0.2, 0) is 4.79 Å². The minimum absolute atomic E-state index is 0.0463. The molecule has 3 heterocycles. The van der Waals surface area contributed by atoms with Crippen molar-refractivity contribution in [2.45, 2.75) is 19.4 Å². The number of thiazole rings is 1. The van der Waals surface area contributed by atoms with Gasteiger partial charge in [-0.15, -0.1) is 11.3 Å². The van der Waals surface area contributed by atoms with Crippen LogP contribution in [0, 0.1) is 6.92 Å². The SMILES string of the molecule is Cc1nc2ccc(C(=O)N3CCC(N4C(=O)CNC4=O)C3)cc2s1. The molecule has 1 aromatic carbocycles. The molecule has 4 amide bonds. The first kappa shape index (κ1) is 15.1. The number of nitrogens with one attached hydrogen (secondary N) is 1. The van der Waals surface area contributed by atoms with E-state index in [-0.39, 0.29) is 30.4 Å². The van der Waals surface area contributed by atoms with Crippen molar-refractivity contribution in [3.63, 3.8) is 0 Å². The van der Waals surface area contributed by atoms with Gasteiger partial charge in [0.15, 0.2) is 0 Å². The topological polar surface area (TPSA) is 82.6 Å². The van der Waals surface area contributed by atoms with E-state index in [1.807, 2.05) is 19.1 Å². The zero-order valence-corrected chi connectivity index (χ0v) is 13.9. The smallest absolute Gasteiger partial charge is 0.324 e. The van der Waals surface area contributed by atoms with Crippen molar-refractivity contribution >= 4 is 39.4 Å². The monoisotopic (exact) mass is 344 g/mol. The molecule has 2 aliphatic heterocycles. The summed E-state index contributed by atoms with van der Waals surface area (Å²) < 4.78 is 0.989. The summed E-state index contributed by atoms with van der Waals surface area (Å²) in [5.41, 5.74) is 1.51. The van der Waals surface area contributed by atoms with Crippen LogP contribution < -0.4 is 5.32 Å². The van der Waals surface area contributed by atoms with Crippen LogP contribution in [0.25, 0.3) is 10.2 Å². The number of aromatic nitrogens is 1. The maximum absolute atomic E-state index is 12.7. The lowest BCUT2D eigenvalue weighted by Crippen LogP contribution is -2.42. The maximum atomic E-state index is 12.7. The summed E-state index contributed by atoms with van der Waals surface area (Å²) in [7, 11) is 0. The Labute approximate surface area is 142 Å². The molecule has 0 bridgehead atoms. The number of benzene rings is 1. The summed E-state index contributed by atoms with van der Waals surface area (Å²) >= 11 is 1.56. The van der Waals surface area contributed by atoms with Crippen molar-refractivity contribution in [1.29, 1.82) is 0 Å². The number of rotatable bonds is 2. The predicted octanol–water partition coefficient (Wildman–Crippen LogP) is 1.37. The zero-order chi connectivity index (χ0) is 16.8. The molecule has 1 N–H and O–H groups in total. The molecule has 24 heavy (non-hydrogen) atoms. The van der Waals surface area contributed by atoms with Gasteiger partial charge in [-0.2, -0.15) is 0 Å². The van der Waals surface area contributed by atoms with Gasteiger partial charge in [0.2, 0.25) is 5.91 Å². The molecule has 8 heteroatoms. The van der Waals surface area contributed by atoms with Crippen molar-refractivity contribution in [3.8, 4) is 0 Å². The van der Waals surface area contributed by atoms with Crippen LogP contribution >= 0.6 is 11.3 Å². The normalized spacial score (nSPS) is 21.0. The summed E-state index contributed by atoms with van der Waals surface area (Å²) in [5, 5.41) is 3.49. The van der Waals surface area contributed by atoms with E-state index in [4.69, 9.17) is 0 Å². The third-order valence-corrected chi connectivity index (χ3v) is 5.37. The fourth-order valence-corrected chi connectivity index (χ4v) is 4.16. The van der Waals surface area contributed by atoms with Gasteiger partial charge in [-0.3, -0.25) is 14.5 Å². The third kappa shape index (κ3) is 2.43. The number of carbonyl (C=O) groups is 3. The summed E-state index contributed by atoms with van der Waals surface area (Å²) in [4.78, 5) is 43.6. The van der Waals surface area contributed by atoms with Gasteiger partial charge in [-0.25, -0.2) is 9.78 Å². The molecule has 1 unspecified atom stereocenters. The minimum atomic E-state index is -0.360. The fourth-order valence-electron chi connectivity index (χ4n) is 3.30. The Kier molecular flexibility index (Phi) is 3.49. The van der Waals surface area contributed by atoms with Crippen LogP contribution in [-0.4, -0.2) is 58.3 Å². The molecule has 4 rings (SSSR count). The largest absolute Gasteiger partial charge is 0.336 e. The number of carbonyl (C=O) groups excluding carboxylic acids is 3. The lowest BCUT2D eigenvalue weighted by Gasteiger charge is -2.21. The third-order valence-electron chi connectivity index (χ3n) is 4.44. The highest BCUT2D eigenvalue weighted by Gasteiger charge is 2.39. The van der Waals surface area contributed by atoms with Gasteiger partial charge in [-0.05, 0) is 31.5 Å². The summed E-state index contributed by atoms with van der Waals surface area (Å²) in [6.07, 6.45) is 0.618. The number of fused-ring (bicyclic) bond motifs is 1. The first-order valence-corrected chi connectivity index (χ1v) is 8.61. The quantitative estimate of drug-likeness (QED) is 0.834. The highest BCUT2D eigenvalue weighted by atomic mass is 32.1. The molecule has 124 valence electrons. The Morgan fingerprint density at radius 2 is 2.21 bits per heavy atom. The van der Waals surface area contributed by atoms with Crippen molar-refractivity contribution < 1.29 is 14.4 Å². The van der Waals surface area contributed by atoms with Crippen LogP contribution in [0.3, 0.4) is 0 Å². The van der Waals surface area contributed by atoms with Gasteiger partial charge in [-0.1, -0.05) is 0 Å². The molecule has 2 aliphatic rings. The minimum Gasteiger partial charge on any atom is -0.336 e. The maximum Gasteiger partial charge on any atom is 0.324 e. The molecule has 2 saturated heterocycles. The summed E-state index contributed by atoms with van der Waals surface area (Å²) in [5.74, 6) is -0.293. The summed E-state index contributed by atoms with van der Waals surface area (Å²) in [6, 6.07) is 4.91. The van der Waals surface area contributed by atoms with Crippen LogP contribution in [0.4, 0.5) is 4.79 Å². The lowest BCUT2D eigenvalue weighted by molar-refractivity contribution is -0.126. The molecule has 0 spiro atoms. The lowest BCUT2D eigenvalue weighted by atomic mass is 10.2. The number of amides is 4. The van der Waals surface area contributed by atoms with Crippen molar-refractivity contribution in [3.05, 3.63) is 28.8 Å². The van der Waals surface area contributed by atoms with Gasteiger partial charge in [0, 0.05) is 18.7 Å². The van der Waals surface area contributed by atoms with Crippen LogP contribution in [0.15, 0.2) is 18.2 Å². The standard InChI is InChI=1S/C16H16N4O3S/c1-9-18-12-3-2-10(6-13(12)24-9)15(22)19-5-4-11(8-19)20-14(21)7-17-16(20)23/h2-3,6,11H,4-5,7-8H2,1H3,(H,17,23). The van der Waals surface area contributed by atoms with Gasteiger partial charge in [0.05, 0.1) is 27.8 Å². The second-order valence-electron chi connectivity index (χ2n) is 6.03. The molecule has 0 aliphatic carbocycles. The Morgan fingerprint density at radius 1 is 1.38 bits per heavy atom. The predicted molar refractivity (Wildman–Crippen MR) is 88.9 cm³/mol. The molecular weight excluding hydrogens is 328 g/mol. The van der Waals surface area contributed by atoms with E-state index < -0.39 is 0 Å². The molecule has 2 fully saturated rings. The average molecular weight is 344 g/mol. The number of nitrogens with zero attached hydrogens (tertiary/aromatic N) is 3. The Morgan fingerprint density at radius 3 is 2.96 bits per heavy atom. The van der Waals surface area contributed by atoms with E-state index in [0.29, 0.717) is 25.1 Å². The van der Waals surface area contributed by atoms with Crippen molar-refractivity contribution in [1.82, 2.24) is 20.1 Å². The van der Waals surface area contributed by atoms with Crippen LogP contribution in [0.2, 0.25) is 0 Å². The van der Waals surface area contributed by atoms with Crippen LogP contribution in [0.1, 0.15) is 21.8 Å². The fraction of sp³-hybridized carbons (Fsp3) is 0.375. The van der Waals surface area contributed by atoms with Crippen LogP contribution in [0.5, 0.6) is 0 Å². The number of likely N-dealkylation sites (tertiary alicyclic amines) is 1.